The Morgan fingerprint density at radius 2 is 1.62 bits per heavy atom. The summed E-state index contributed by atoms with van der Waals surface area (Å²) in [6.45, 7) is 1.11. The van der Waals surface area contributed by atoms with E-state index in [1.807, 2.05) is 29.2 Å². The highest BCUT2D eigenvalue weighted by Crippen LogP contribution is 2.14. The Bertz CT molecular complexity index is 337. The van der Waals surface area contributed by atoms with E-state index in [0.29, 0.717) is 19.5 Å². The second-order valence-electron chi connectivity index (χ2n) is 3.44. The number of rotatable bonds is 6. The third-order valence-corrected chi connectivity index (χ3v) is 2.32. The first kappa shape index (κ1) is 12.5. The monoisotopic (exact) mass is 220 g/mol. The minimum absolute atomic E-state index is 0.0555. The molecule has 0 amide bonds. The summed E-state index contributed by atoms with van der Waals surface area (Å²) in [4.78, 5) is 1.90. The van der Waals surface area contributed by atoms with Gasteiger partial charge >= 0.3 is 0 Å². The Balaban J connectivity index is 2.73. The molecule has 1 aromatic carbocycles. The minimum atomic E-state index is 0.0555. The summed E-state index contributed by atoms with van der Waals surface area (Å²) in [6.07, 6.45) is 0.403. The lowest BCUT2D eigenvalue weighted by Gasteiger charge is -2.22. The summed E-state index contributed by atoms with van der Waals surface area (Å²) in [5.74, 6) is 0. The Kier molecular flexibility index (Phi) is 5.34. The maximum atomic E-state index is 8.90. The number of aliphatic hydroxyl groups is 2. The van der Waals surface area contributed by atoms with Gasteiger partial charge in [-0.1, -0.05) is 12.1 Å². The van der Waals surface area contributed by atoms with Crippen LogP contribution in [-0.4, -0.2) is 36.5 Å². The molecule has 0 unspecified atom stereocenters. The van der Waals surface area contributed by atoms with Gasteiger partial charge in [-0.25, -0.2) is 0 Å². The third kappa shape index (κ3) is 3.54. The number of hydrogen-bond donors (Lipinski definition) is 2. The third-order valence-electron chi connectivity index (χ3n) is 2.32. The lowest BCUT2D eigenvalue weighted by molar-refractivity contribution is 0.281. The van der Waals surface area contributed by atoms with Crippen molar-refractivity contribution >= 4 is 5.69 Å². The first-order chi connectivity index (χ1) is 7.81. The van der Waals surface area contributed by atoms with Crippen molar-refractivity contribution in [1.82, 2.24) is 0 Å². The van der Waals surface area contributed by atoms with Crippen molar-refractivity contribution in [2.75, 3.05) is 31.2 Å². The molecule has 1 aromatic rings. The van der Waals surface area contributed by atoms with Crippen molar-refractivity contribution in [2.24, 2.45) is 0 Å². The number of hydrogen-bond acceptors (Lipinski definition) is 4. The quantitative estimate of drug-likeness (QED) is 0.734. The predicted molar refractivity (Wildman–Crippen MR) is 62.1 cm³/mol. The standard InChI is InChI=1S/C12H16N2O2/c13-6-5-11-1-3-12(4-2-11)14(7-9-15)8-10-16/h1-4,15-16H,5,7-10H2. The molecule has 0 atom stereocenters. The molecular formula is C12H16N2O2. The van der Waals surface area contributed by atoms with Crippen molar-refractivity contribution in [2.45, 2.75) is 6.42 Å². The number of nitriles is 1. The number of anilines is 1. The Morgan fingerprint density at radius 1 is 1.06 bits per heavy atom. The van der Waals surface area contributed by atoms with Crippen LogP contribution < -0.4 is 4.90 Å². The highest BCUT2D eigenvalue weighted by atomic mass is 16.3. The van der Waals surface area contributed by atoms with Gasteiger partial charge < -0.3 is 15.1 Å². The normalized spacial score (nSPS) is 9.81. The maximum Gasteiger partial charge on any atom is 0.0669 e. The molecule has 0 aliphatic carbocycles. The molecule has 0 aliphatic rings. The first-order valence-electron chi connectivity index (χ1n) is 5.24. The fraction of sp³-hybridized carbons (Fsp3) is 0.417. The van der Waals surface area contributed by atoms with Crippen LogP contribution in [0.2, 0.25) is 0 Å². The maximum absolute atomic E-state index is 8.90. The molecule has 86 valence electrons. The molecule has 16 heavy (non-hydrogen) atoms. The molecule has 0 heterocycles. The summed E-state index contributed by atoms with van der Waals surface area (Å²) >= 11 is 0. The fourth-order valence-corrected chi connectivity index (χ4v) is 1.53. The number of nitrogens with zero attached hydrogens (tertiary/aromatic N) is 2. The van der Waals surface area contributed by atoms with Crippen LogP contribution in [0.4, 0.5) is 5.69 Å². The SMILES string of the molecule is N#CCc1ccc(N(CCO)CCO)cc1. The van der Waals surface area contributed by atoms with Gasteiger partial charge in [0.2, 0.25) is 0 Å². The number of aliphatic hydroxyl groups excluding tert-OH is 2. The minimum Gasteiger partial charge on any atom is -0.395 e. The Hall–Kier alpha value is -1.57. The van der Waals surface area contributed by atoms with Crippen LogP contribution in [0.3, 0.4) is 0 Å². The van der Waals surface area contributed by atoms with Crippen LogP contribution in [0.1, 0.15) is 5.56 Å². The zero-order valence-electron chi connectivity index (χ0n) is 9.13. The van der Waals surface area contributed by atoms with Crippen LogP contribution in [-0.2, 0) is 6.42 Å². The van der Waals surface area contributed by atoms with E-state index in [9.17, 15) is 0 Å². The summed E-state index contributed by atoms with van der Waals surface area (Å²) in [6, 6.07) is 9.67. The van der Waals surface area contributed by atoms with Crippen molar-refractivity contribution < 1.29 is 10.2 Å². The second kappa shape index (κ2) is 6.83. The zero-order valence-corrected chi connectivity index (χ0v) is 9.13. The van der Waals surface area contributed by atoms with Crippen molar-refractivity contribution in [3.8, 4) is 6.07 Å². The molecule has 0 saturated heterocycles. The molecule has 0 radical (unpaired) electrons. The van der Waals surface area contributed by atoms with Crippen molar-refractivity contribution in [3.63, 3.8) is 0 Å². The summed E-state index contributed by atoms with van der Waals surface area (Å²) < 4.78 is 0. The topological polar surface area (TPSA) is 67.5 Å². The van der Waals surface area contributed by atoms with Gasteiger partial charge in [0.05, 0.1) is 25.7 Å². The molecule has 4 nitrogen and oxygen atoms in total. The van der Waals surface area contributed by atoms with E-state index >= 15 is 0 Å². The van der Waals surface area contributed by atoms with E-state index in [0.717, 1.165) is 11.3 Å². The van der Waals surface area contributed by atoms with Gasteiger partial charge in [-0.15, -0.1) is 0 Å². The van der Waals surface area contributed by atoms with E-state index in [4.69, 9.17) is 15.5 Å². The van der Waals surface area contributed by atoms with Crippen LogP contribution in [0.5, 0.6) is 0 Å². The van der Waals surface area contributed by atoms with E-state index in [1.54, 1.807) is 0 Å². The molecule has 0 saturated carbocycles. The summed E-state index contributed by atoms with van der Waals surface area (Å²) in [5, 5.41) is 26.3. The molecule has 0 spiro atoms. The van der Waals surface area contributed by atoms with Gasteiger partial charge in [0.15, 0.2) is 0 Å². The van der Waals surface area contributed by atoms with E-state index in [1.165, 1.54) is 0 Å². The summed E-state index contributed by atoms with van der Waals surface area (Å²) in [7, 11) is 0. The van der Waals surface area contributed by atoms with E-state index in [-0.39, 0.29) is 13.2 Å². The summed E-state index contributed by atoms with van der Waals surface area (Å²) in [5.41, 5.74) is 1.92. The first-order valence-corrected chi connectivity index (χ1v) is 5.24. The zero-order chi connectivity index (χ0) is 11.8. The van der Waals surface area contributed by atoms with Crippen molar-refractivity contribution in [3.05, 3.63) is 29.8 Å². The van der Waals surface area contributed by atoms with Crippen LogP contribution >= 0.6 is 0 Å². The van der Waals surface area contributed by atoms with Crippen molar-refractivity contribution in [1.29, 1.82) is 5.26 Å². The van der Waals surface area contributed by atoms with Crippen LogP contribution in [0.25, 0.3) is 0 Å². The molecule has 4 heteroatoms. The molecule has 0 aliphatic heterocycles. The average molecular weight is 220 g/mol. The van der Waals surface area contributed by atoms with Gasteiger partial charge in [0.1, 0.15) is 0 Å². The largest absolute Gasteiger partial charge is 0.395 e. The predicted octanol–water partition coefficient (Wildman–Crippen LogP) is 0.544. The molecule has 2 N–H and O–H groups in total. The van der Waals surface area contributed by atoms with Crippen LogP contribution in [0.15, 0.2) is 24.3 Å². The van der Waals surface area contributed by atoms with Gasteiger partial charge in [-0.05, 0) is 17.7 Å². The van der Waals surface area contributed by atoms with E-state index in [2.05, 4.69) is 6.07 Å². The average Bonchev–Trinajstić information content (AvgIpc) is 2.30. The molecule has 0 bridgehead atoms. The van der Waals surface area contributed by atoms with Gasteiger partial charge in [0.25, 0.3) is 0 Å². The molecule has 1 rings (SSSR count). The smallest absolute Gasteiger partial charge is 0.0669 e. The molecule has 0 fully saturated rings. The highest BCUT2D eigenvalue weighted by Gasteiger charge is 2.04. The van der Waals surface area contributed by atoms with Gasteiger partial charge in [-0.3, -0.25) is 0 Å². The van der Waals surface area contributed by atoms with Crippen LogP contribution in [0, 0.1) is 11.3 Å². The Morgan fingerprint density at radius 3 is 2.06 bits per heavy atom. The fourth-order valence-electron chi connectivity index (χ4n) is 1.53. The van der Waals surface area contributed by atoms with Gasteiger partial charge in [0, 0.05) is 18.8 Å². The molecular weight excluding hydrogens is 204 g/mol. The highest BCUT2D eigenvalue weighted by molar-refractivity contribution is 5.47. The van der Waals surface area contributed by atoms with Gasteiger partial charge in [-0.2, -0.15) is 5.26 Å². The van der Waals surface area contributed by atoms with E-state index < -0.39 is 0 Å². The lowest BCUT2D eigenvalue weighted by atomic mass is 10.1. The Labute approximate surface area is 95.4 Å². The number of benzene rings is 1. The second-order valence-corrected chi connectivity index (χ2v) is 3.44. The molecule has 0 aromatic heterocycles. The lowest BCUT2D eigenvalue weighted by Crippen LogP contribution is -2.29.